The number of nitrogens with two attached hydrogens (primary N) is 2. The molecule has 0 aliphatic heterocycles. The molecule has 37 heavy (non-hydrogen) atoms. The lowest BCUT2D eigenvalue weighted by atomic mass is 10.2. The van der Waals surface area contributed by atoms with Gasteiger partial charge >= 0.3 is 11.7 Å². The summed E-state index contributed by atoms with van der Waals surface area (Å²) in [5, 5.41) is 18.3. The molecule has 1 atom stereocenters. The van der Waals surface area contributed by atoms with Gasteiger partial charge in [-0.05, 0) is 44.0 Å². The molecule has 1 aromatic carbocycles. The second-order valence-corrected chi connectivity index (χ2v) is 8.68. The highest BCUT2D eigenvalue weighted by atomic mass is 19.1. The SMILES string of the molecule is C[C@H](N)C(=O)OCn1c(O)c(C=c2cnn3c(=NC4CC4)cc(Nc4ccc(N)cc4F)nc23)[nH]c1=O. The molecule has 0 amide bonds. The van der Waals surface area contributed by atoms with E-state index in [0.717, 1.165) is 17.4 Å². The van der Waals surface area contributed by atoms with E-state index in [2.05, 4.69) is 25.4 Å². The average Bonchev–Trinajstić information content (AvgIpc) is 3.51. The minimum Gasteiger partial charge on any atom is -0.493 e. The van der Waals surface area contributed by atoms with Gasteiger partial charge in [-0.15, -0.1) is 0 Å². The first-order valence-corrected chi connectivity index (χ1v) is 11.4. The minimum absolute atomic E-state index is 0.0437. The van der Waals surface area contributed by atoms with Crippen molar-refractivity contribution >= 4 is 34.9 Å². The van der Waals surface area contributed by atoms with Gasteiger partial charge < -0.3 is 31.6 Å². The number of benzene rings is 1. The molecule has 14 heteroatoms. The summed E-state index contributed by atoms with van der Waals surface area (Å²) >= 11 is 0. The Morgan fingerprint density at radius 1 is 1.43 bits per heavy atom. The lowest BCUT2D eigenvalue weighted by Crippen LogP contribution is -2.30. The van der Waals surface area contributed by atoms with E-state index >= 15 is 0 Å². The molecule has 3 heterocycles. The van der Waals surface area contributed by atoms with E-state index in [1.165, 1.54) is 35.8 Å². The fourth-order valence-electron chi connectivity index (χ4n) is 3.50. The number of fused-ring (bicyclic) bond motifs is 1. The van der Waals surface area contributed by atoms with E-state index in [1.807, 2.05) is 0 Å². The first-order chi connectivity index (χ1) is 17.7. The number of halogens is 1. The summed E-state index contributed by atoms with van der Waals surface area (Å²) in [5.41, 5.74) is 11.7. The van der Waals surface area contributed by atoms with Crippen molar-refractivity contribution in [3.05, 3.63) is 63.2 Å². The quantitative estimate of drug-likeness (QED) is 0.166. The number of esters is 1. The Hall–Kier alpha value is -4.72. The van der Waals surface area contributed by atoms with Crippen LogP contribution in [0.4, 0.5) is 21.6 Å². The standard InChI is InChI=1S/C23H24FN9O4/c1-11(25)22(35)37-10-32-21(34)17(30-23(32)36)6-12-9-27-33-19(28-14-3-4-14)8-18(31-20(12)33)29-16-5-2-13(26)7-15(16)24/h2,5-9,11,14,29,34H,3-4,10,25-26H2,1H3,(H,30,36)/t11-/m0/s1. The van der Waals surface area contributed by atoms with Gasteiger partial charge in [0.1, 0.15) is 23.4 Å². The van der Waals surface area contributed by atoms with Crippen LogP contribution in [0.25, 0.3) is 11.7 Å². The van der Waals surface area contributed by atoms with E-state index in [9.17, 15) is 19.1 Å². The normalized spacial score (nSPS) is 15.3. The van der Waals surface area contributed by atoms with E-state index in [1.54, 1.807) is 12.1 Å². The van der Waals surface area contributed by atoms with Gasteiger partial charge in [-0.3, -0.25) is 9.79 Å². The van der Waals surface area contributed by atoms with Crippen molar-refractivity contribution in [3.63, 3.8) is 0 Å². The Morgan fingerprint density at radius 3 is 2.92 bits per heavy atom. The molecule has 0 unspecified atom stereocenters. The molecule has 0 radical (unpaired) electrons. The predicted molar refractivity (Wildman–Crippen MR) is 131 cm³/mol. The van der Waals surface area contributed by atoms with Crippen molar-refractivity contribution in [1.82, 2.24) is 24.1 Å². The fourth-order valence-corrected chi connectivity index (χ4v) is 3.50. The molecule has 1 fully saturated rings. The number of aromatic nitrogens is 5. The van der Waals surface area contributed by atoms with Crippen molar-refractivity contribution in [1.29, 1.82) is 0 Å². The van der Waals surface area contributed by atoms with Crippen molar-refractivity contribution in [3.8, 4) is 5.88 Å². The van der Waals surface area contributed by atoms with Crippen LogP contribution in [0.2, 0.25) is 0 Å². The van der Waals surface area contributed by atoms with Crippen LogP contribution in [0.15, 0.2) is 40.2 Å². The van der Waals surface area contributed by atoms with E-state index in [4.69, 9.17) is 16.2 Å². The van der Waals surface area contributed by atoms with Crippen molar-refractivity contribution < 1.29 is 19.0 Å². The van der Waals surface area contributed by atoms with Crippen LogP contribution in [0.3, 0.4) is 0 Å². The topological polar surface area (TPSA) is 191 Å². The van der Waals surface area contributed by atoms with Crippen LogP contribution in [-0.2, 0) is 16.3 Å². The molecule has 192 valence electrons. The number of aromatic hydroxyl groups is 1. The first kappa shape index (κ1) is 24.0. The lowest BCUT2D eigenvalue weighted by Gasteiger charge is -2.08. The molecule has 5 rings (SSSR count). The monoisotopic (exact) mass is 509 g/mol. The third-order valence-electron chi connectivity index (χ3n) is 5.59. The number of anilines is 3. The van der Waals surface area contributed by atoms with Crippen LogP contribution >= 0.6 is 0 Å². The Morgan fingerprint density at radius 2 is 2.22 bits per heavy atom. The number of nitrogen functional groups attached to an aromatic ring is 1. The number of H-pyrrole nitrogens is 1. The van der Waals surface area contributed by atoms with Gasteiger partial charge in [0.15, 0.2) is 17.9 Å². The number of nitrogens with zero attached hydrogens (tertiary/aromatic N) is 5. The zero-order chi connectivity index (χ0) is 26.3. The zero-order valence-electron chi connectivity index (χ0n) is 19.7. The fraction of sp³-hybridized carbons (Fsp3) is 0.261. The highest BCUT2D eigenvalue weighted by molar-refractivity contribution is 5.74. The van der Waals surface area contributed by atoms with Gasteiger partial charge in [-0.1, -0.05) is 0 Å². The number of aromatic amines is 1. The van der Waals surface area contributed by atoms with Crippen molar-refractivity contribution in [2.75, 3.05) is 11.1 Å². The summed E-state index contributed by atoms with van der Waals surface area (Å²) in [5.74, 6) is -1.42. The number of carbonyl (C=O) groups is 1. The molecular weight excluding hydrogens is 485 g/mol. The molecule has 0 saturated heterocycles. The maximum Gasteiger partial charge on any atom is 0.331 e. The molecular formula is C23H24FN9O4. The summed E-state index contributed by atoms with van der Waals surface area (Å²) in [6, 6.07) is 5.20. The molecule has 0 spiro atoms. The highest BCUT2D eigenvalue weighted by Gasteiger charge is 2.21. The van der Waals surface area contributed by atoms with Crippen LogP contribution in [0.5, 0.6) is 5.88 Å². The lowest BCUT2D eigenvalue weighted by molar-refractivity contribution is -0.148. The largest absolute Gasteiger partial charge is 0.493 e. The molecule has 1 saturated carbocycles. The predicted octanol–water partition coefficient (Wildman–Crippen LogP) is -0.152. The van der Waals surface area contributed by atoms with E-state index in [-0.39, 0.29) is 23.1 Å². The van der Waals surface area contributed by atoms with Crippen LogP contribution < -0.4 is 33.2 Å². The second kappa shape index (κ2) is 9.39. The summed E-state index contributed by atoms with van der Waals surface area (Å²) in [7, 11) is 0. The third-order valence-corrected chi connectivity index (χ3v) is 5.59. The van der Waals surface area contributed by atoms with Gasteiger partial charge in [-0.2, -0.15) is 9.61 Å². The Kier molecular flexibility index (Phi) is 6.09. The van der Waals surface area contributed by atoms with Crippen molar-refractivity contribution in [2.24, 2.45) is 10.7 Å². The molecule has 1 aliphatic rings. The number of carbonyl (C=O) groups excluding carboxylic acids is 1. The maximum atomic E-state index is 14.4. The van der Waals surface area contributed by atoms with Gasteiger partial charge in [0.25, 0.3) is 0 Å². The van der Waals surface area contributed by atoms with Crippen LogP contribution in [-0.4, -0.2) is 47.3 Å². The second-order valence-electron chi connectivity index (χ2n) is 8.68. The zero-order valence-corrected chi connectivity index (χ0v) is 19.7. The van der Waals surface area contributed by atoms with Crippen LogP contribution in [0.1, 0.15) is 25.5 Å². The van der Waals surface area contributed by atoms with Gasteiger partial charge in [0, 0.05) is 17.0 Å². The molecule has 0 bridgehead atoms. The average molecular weight is 510 g/mol. The van der Waals surface area contributed by atoms with Gasteiger partial charge in [0.05, 0.1) is 17.9 Å². The van der Waals surface area contributed by atoms with Crippen molar-refractivity contribution in [2.45, 2.75) is 38.6 Å². The number of hydrogen-bond donors (Lipinski definition) is 5. The number of imidazole rings is 1. The number of rotatable bonds is 7. The van der Waals surface area contributed by atoms with Gasteiger partial charge in [0.2, 0.25) is 5.88 Å². The third kappa shape index (κ3) is 4.99. The summed E-state index contributed by atoms with van der Waals surface area (Å²) < 4.78 is 21.7. The number of hydrogen-bond acceptors (Lipinski definition) is 10. The number of nitrogens with one attached hydrogen (secondary N) is 2. The van der Waals surface area contributed by atoms with E-state index in [0.29, 0.717) is 22.2 Å². The van der Waals surface area contributed by atoms with E-state index < -0.39 is 36.1 Å². The number of ether oxygens (including phenoxy) is 1. The molecule has 7 N–H and O–H groups in total. The van der Waals surface area contributed by atoms with Gasteiger partial charge in [-0.25, -0.2) is 18.7 Å². The Labute approximate surface area is 207 Å². The Balaban J connectivity index is 1.57. The smallest absolute Gasteiger partial charge is 0.331 e. The summed E-state index contributed by atoms with van der Waals surface area (Å²) in [6.45, 7) is 0.919. The molecule has 13 nitrogen and oxygen atoms in total. The first-order valence-electron chi connectivity index (χ1n) is 11.4. The molecule has 3 aromatic heterocycles. The van der Waals surface area contributed by atoms with Crippen LogP contribution in [0, 0.1) is 5.82 Å². The molecule has 4 aromatic rings. The summed E-state index contributed by atoms with van der Waals surface area (Å²) in [6.07, 6.45) is 4.86. The minimum atomic E-state index is -0.882. The Bertz CT molecular complexity index is 1680. The summed E-state index contributed by atoms with van der Waals surface area (Å²) in [4.78, 5) is 35.7. The maximum absolute atomic E-state index is 14.4. The highest BCUT2D eigenvalue weighted by Crippen LogP contribution is 2.23. The molecule has 1 aliphatic carbocycles.